The molecule has 3 rings (SSSR count). The van der Waals surface area contributed by atoms with Crippen molar-refractivity contribution in [3.63, 3.8) is 0 Å². The molecule has 1 saturated carbocycles. The van der Waals surface area contributed by atoms with E-state index in [-0.39, 0.29) is 5.91 Å². The van der Waals surface area contributed by atoms with E-state index in [2.05, 4.69) is 20.8 Å². The van der Waals surface area contributed by atoms with E-state index in [1.54, 1.807) is 4.68 Å². The Morgan fingerprint density at radius 2 is 1.84 bits per heavy atom. The van der Waals surface area contributed by atoms with Gasteiger partial charge in [-0.2, -0.15) is 4.68 Å². The van der Waals surface area contributed by atoms with Crippen LogP contribution in [0.2, 0.25) is 0 Å². The summed E-state index contributed by atoms with van der Waals surface area (Å²) in [6.45, 7) is 2.04. The monoisotopic (exact) mass is 359 g/mol. The number of carbonyl (C=O) groups excluding carboxylic acids is 1. The van der Waals surface area contributed by atoms with Crippen LogP contribution in [0, 0.1) is 6.92 Å². The second-order valence-corrected chi connectivity index (χ2v) is 7.55. The van der Waals surface area contributed by atoms with E-state index < -0.39 is 0 Å². The topological polar surface area (TPSA) is 72.7 Å². The first-order chi connectivity index (χ1) is 12.2. The minimum absolute atomic E-state index is 0.0639. The summed E-state index contributed by atoms with van der Waals surface area (Å²) in [7, 11) is 0. The van der Waals surface area contributed by atoms with Gasteiger partial charge in [0.25, 0.3) is 0 Å². The highest BCUT2D eigenvalue weighted by atomic mass is 32.2. The van der Waals surface area contributed by atoms with Gasteiger partial charge in [-0.3, -0.25) is 4.79 Å². The predicted molar refractivity (Wildman–Crippen MR) is 98.9 cm³/mol. The molecule has 0 saturated heterocycles. The van der Waals surface area contributed by atoms with Gasteiger partial charge >= 0.3 is 0 Å². The van der Waals surface area contributed by atoms with E-state index in [1.165, 1.54) is 49.4 Å². The largest absolute Gasteiger partial charge is 0.353 e. The molecule has 134 valence electrons. The number of nitrogens with one attached hydrogen (secondary N) is 1. The number of hydrogen-bond acceptors (Lipinski definition) is 5. The van der Waals surface area contributed by atoms with Gasteiger partial charge in [-0.15, -0.1) is 5.10 Å². The minimum Gasteiger partial charge on any atom is -0.353 e. The van der Waals surface area contributed by atoms with Gasteiger partial charge in [-0.25, -0.2) is 0 Å². The number of tetrazole rings is 1. The Kier molecular flexibility index (Phi) is 6.44. The molecule has 25 heavy (non-hydrogen) atoms. The van der Waals surface area contributed by atoms with Crippen molar-refractivity contribution in [1.29, 1.82) is 0 Å². The zero-order chi connectivity index (χ0) is 17.5. The Balaban J connectivity index is 1.54. The summed E-state index contributed by atoms with van der Waals surface area (Å²) in [6.07, 6.45) is 8.51. The van der Waals surface area contributed by atoms with Crippen molar-refractivity contribution in [1.82, 2.24) is 25.5 Å². The molecule has 1 aliphatic rings. The van der Waals surface area contributed by atoms with Crippen LogP contribution in [-0.4, -0.2) is 37.9 Å². The van der Waals surface area contributed by atoms with Crippen LogP contribution in [-0.2, 0) is 4.79 Å². The number of rotatable bonds is 5. The Labute approximate surface area is 152 Å². The SMILES string of the molecule is Cc1ccc(-n2nnnc2SCC(=O)NC2CCCCCCC2)cc1. The Hall–Kier alpha value is -1.89. The molecule has 1 N–H and O–H groups in total. The van der Waals surface area contributed by atoms with Crippen molar-refractivity contribution in [3.05, 3.63) is 29.8 Å². The van der Waals surface area contributed by atoms with Gasteiger partial charge in [0.15, 0.2) is 0 Å². The summed E-state index contributed by atoms with van der Waals surface area (Å²) in [4.78, 5) is 12.3. The van der Waals surface area contributed by atoms with E-state index in [0.717, 1.165) is 18.5 Å². The van der Waals surface area contributed by atoms with Crippen molar-refractivity contribution in [2.75, 3.05) is 5.75 Å². The van der Waals surface area contributed by atoms with E-state index in [4.69, 9.17) is 0 Å². The number of nitrogens with zero attached hydrogens (tertiary/aromatic N) is 4. The van der Waals surface area contributed by atoms with E-state index in [9.17, 15) is 4.79 Å². The average Bonchev–Trinajstić information content (AvgIpc) is 3.04. The molecule has 0 bridgehead atoms. The molecule has 1 fully saturated rings. The molecule has 1 aromatic carbocycles. The maximum Gasteiger partial charge on any atom is 0.230 e. The summed E-state index contributed by atoms with van der Waals surface area (Å²) in [6, 6.07) is 8.32. The zero-order valence-corrected chi connectivity index (χ0v) is 15.5. The van der Waals surface area contributed by atoms with Crippen molar-refractivity contribution in [3.8, 4) is 5.69 Å². The van der Waals surface area contributed by atoms with Gasteiger partial charge < -0.3 is 5.32 Å². The highest BCUT2D eigenvalue weighted by Crippen LogP contribution is 2.20. The van der Waals surface area contributed by atoms with E-state index >= 15 is 0 Å². The Morgan fingerprint density at radius 1 is 1.16 bits per heavy atom. The summed E-state index contributed by atoms with van der Waals surface area (Å²) in [5.74, 6) is 0.400. The third kappa shape index (κ3) is 5.29. The average molecular weight is 359 g/mol. The lowest BCUT2D eigenvalue weighted by molar-refractivity contribution is -0.119. The van der Waals surface area contributed by atoms with Gasteiger partial charge in [0, 0.05) is 6.04 Å². The third-order valence-corrected chi connectivity index (χ3v) is 5.44. The first-order valence-corrected chi connectivity index (χ1v) is 9.98. The van der Waals surface area contributed by atoms with Crippen LogP contribution in [0.3, 0.4) is 0 Å². The molecular weight excluding hydrogens is 334 g/mol. The quantitative estimate of drug-likeness (QED) is 0.829. The second kappa shape index (κ2) is 8.99. The standard InChI is InChI=1S/C18H25N5OS/c1-14-9-11-16(12-10-14)23-18(20-21-22-23)25-13-17(24)19-15-7-5-3-2-4-6-8-15/h9-12,15H,2-8,13H2,1H3,(H,19,24). The fourth-order valence-corrected chi connectivity index (χ4v) is 3.82. The first-order valence-electron chi connectivity index (χ1n) is 9.00. The number of carbonyl (C=O) groups is 1. The summed E-state index contributed by atoms with van der Waals surface area (Å²) in [5.41, 5.74) is 2.09. The lowest BCUT2D eigenvalue weighted by Gasteiger charge is -2.20. The normalized spacial score (nSPS) is 16.2. The molecule has 2 aromatic rings. The molecule has 1 heterocycles. The molecule has 0 aliphatic heterocycles. The van der Waals surface area contributed by atoms with Crippen LogP contribution in [0.15, 0.2) is 29.4 Å². The number of aryl methyl sites for hydroxylation is 1. The lowest BCUT2D eigenvalue weighted by atomic mass is 9.97. The van der Waals surface area contributed by atoms with Crippen LogP contribution >= 0.6 is 11.8 Å². The fraction of sp³-hybridized carbons (Fsp3) is 0.556. The zero-order valence-electron chi connectivity index (χ0n) is 14.6. The molecule has 0 radical (unpaired) electrons. The molecule has 1 amide bonds. The van der Waals surface area contributed by atoms with Crippen LogP contribution < -0.4 is 5.32 Å². The number of amides is 1. The van der Waals surface area contributed by atoms with E-state index in [1.807, 2.05) is 31.2 Å². The van der Waals surface area contributed by atoms with Crippen LogP contribution in [0.4, 0.5) is 0 Å². The number of aromatic nitrogens is 4. The van der Waals surface area contributed by atoms with E-state index in [0.29, 0.717) is 17.0 Å². The van der Waals surface area contributed by atoms with Crippen molar-refractivity contribution in [2.24, 2.45) is 0 Å². The Bertz CT molecular complexity index is 677. The van der Waals surface area contributed by atoms with Gasteiger partial charge in [0.05, 0.1) is 11.4 Å². The minimum atomic E-state index is 0.0639. The molecule has 1 aromatic heterocycles. The van der Waals surface area contributed by atoms with Gasteiger partial charge in [0.2, 0.25) is 11.1 Å². The van der Waals surface area contributed by atoms with Crippen molar-refractivity contribution >= 4 is 17.7 Å². The Morgan fingerprint density at radius 3 is 2.56 bits per heavy atom. The molecule has 1 aliphatic carbocycles. The maximum atomic E-state index is 12.3. The molecule has 0 unspecified atom stereocenters. The smallest absolute Gasteiger partial charge is 0.230 e. The fourth-order valence-electron chi connectivity index (χ4n) is 3.12. The summed E-state index contributed by atoms with van der Waals surface area (Å²) < 4.78 is 1.67. The van der Waals surface area contributed by atoms with Gasteiger partial charge in [-0.1, -0.05) is 61.6 Å². The molecular formula is C18H25N5OS. The summed E-state index contributed by atoms with van der Waals surface area (Å²) in [5, 5.41) is 15.6. The number of hydrogen-bond donors (Lipinski definition) is 1. The van der Waals surface area contributed by atoms with Crippen LogP contribution in [0.1, 0.15) is 50.5 Å². The highest BCUT2D eigenvalue weighted by molar-refractivity contribution is 7.99. The van der Waals surface area contributed by atoms with Gasteiger partial charge in [-0.05, 0) is 42.3 Å². The maximum absolute atomic E-state index is 12.3. The second-order valence-electron chi connectivity index (χ2n) is 6.61. The molecule has 0 atom stereocenters. The van der Waals surface area contributed by atoms with Crippen LogP contribution in [0.5, 0.6) is 0 Å². The van der Waals surface area contributed by atoms with Crippen molar-refractivity contribution < 1.29 is 4.79 Å². The summed E-state index contributed by atoms with van der Waals surface area (Å²) >= 11 is 1.37. The van der Waals surface area contributed by atoms with Gasteiger partial charge in [0.1, 0.15) is 0 Å². The predicted octanol–water partition coefficient (Wildman–Crippen LogP) is 3.29. The molecule has 0 spiro atoms. The van der Waals surface area contributed by atoms with Crippen LogP contribution in [0.25, 0.3) is 5.69 Å². The lowest BCUT2D eigenvalue weighted by Crippen LogP contribution is -2.36. The molecule has 7 heteroatoms. The number of thioether (sulfide) groups is 1. The molecule has 6 nitrogen and oxygen atoms in total. The number of benzene rings is 1. The van der Waals surface area contributed by atoms with Crippen molar-refractivity contribution in [2.45, 2.75) is 63.1 Å². The third-order valence-electron chi connectivity index (χ3n) is 4.52. The first kappa shape index (κ1) is 17.9. The highest BCUT2D eigenvalue weighted by Gasteiger charge is 2.16.